The molecule has 1 aromatic carbocycles. The lowest BCUT2D eigenvalue weighted by atomic mass is 9.96. The molecule has 128 valence electrons. The Bertz CT molecular complexity index is 687. The first-order chi connectivity index (χ1) is 11.4. The summed E-state index contributed by atoms with van der Waals surface area (Å²) >= 11 is 0. The van der Waals surface area contributed by atoms with E-state index in [1.807, 2.05) is 51.1 Å². The Kier molecular flexibility index (Phi) is 5.73. The second kappa shape index (κ2) is 7.77. The fraction of sp³-hybridized carbons (Fsp3) is 0.389. The molecule has 0 aliphatic carbocycles. The van der Waals surface area contributed by atoms with Crippen LogP contribution in [0.5, 0.6) is 0 Å². The summed E-state index contributed by atoms with van der Waals surface area (Å²) in [7, 11) is 0. The van der Waals surface area contributed by atoms with Gasteiger partial charge < -0.3 is 15.1 Å². The molecule has 6 nitrogen and oxygen atoms in total. The van der Waals surface area contributed by atoms with Gasteiger partial charge in [-0.2, -0.15) is 0 Å². The Morgan fingerprint density at radius 3 is 2.50 bits per heavy atom. The average molecular weight is 329 g/mol. The molecule has 0 fully saturated rings. The van der Waals surface area contributed by atoms with Gasteiger partial charge in [-0.1, -0.05) is 51.1 Å². The molecule has 1 heterocycles. The maximum Gasteiger partial charge on any atom is 0.225 e. The van der Waals surface area contributed by atoms with Crippen molar-refractivity contribution in [3.8, 4) is 11.3 Å². The third-order valence-electron chi connectivity index (χ3n) is 3.37. The molecule has 2 N–H and O–H groups in total. The van der Waals surface area contributed by atoms with Crippen LogP contribution in [0.2, 0.25) is 0 Å². The van der Waals surface area contributed by atoms with E-state index in [-0.39, 0.29) is 24.8 Å². The van der Waals surface area contributed by atoms with E-state index in [1.165, 1.54) is 0 Å². The molecule has 0 aliphatic heterocycles. The van der Waals surface area contributed by atoms with Crippen molar-refractivity contribution >= 4 is 11.8 Å². The van der Waals surface area contributed by atoms with Crippen LogP contribution in [0.3, 0.4) is 0 Å². The predicted octanol–water partition coefficient (Wildman–Crippen LogP) is 2.51. The van der Waals surface area contributed by atoms with Crippen LogP contribution >= 0.6 is 0 Å². The van der Waals surface area contributed by atoms with E-state index in [0.29, 0.717) is 18.2 Å². The van der Waals surface area contributed by atoms with Crippen molar-refractivity contribution in [2.24, 2.45) is 5.41 Å². The molecule has 0 atom stereocenters. The van der Waals surface area contributed by atoms with Crippen molar-refractivity contribution in [3.05, 3.63) is 42.4 Å². The summed E-state index contributed by atoms with van der Waals surface area (Å²) in [5, 5.41) is 5.47. The molecule has 2 rings (SSSR count). The monoisotopic (exact) mass is 329 g/mol. The van der Waals surface area contributed by atoms with Crippen LogP contribution in [0.25, 0.3) is 11.3 Å². The third kappa shape index (κ3) is 5.22. The van der Waals surface area contributed by atoms with Crippen molar-refractivity contribution in [3.63, 3.8) is 0 Å². The Morgan fingerprint density at radius 1 is 1.12 bits per heavy atom. The molecular weight excluding hydrogens is 306 g/mol. The van der Waals surface area contributed by atoms with E-state index < -0.39 is 5.41 Å². The first kappa shape index (κ1) is 17.7. The zero-order valence-corrected chi connectivity index (χ0v) is 14.3. The number of hydrogen-bond acceptors (Lipinski definition) is 4. The summed E-state index contributed by atoms with van der Waals surface area (Å²) in [6.07, 6.45) is 1.86. The topological polar surface area (TPSA) is 84.2 Å². The molecule has 0 bridgehead atoms. The van der Waals surface area contributed by atoms with Crippen LogP contribution in [0.15, 0.2) is 40.9 Å². The number of nitrogens with zero attached hydrogens (tertiary/aromatic N) is 1. The van der Waals surface area contributed by atoms with Crippen LogP contribution in [0, 0.1) is 5.41 Å². The lowest BCUT2D eigenvalue weighted by Crippen LogP contribution is -2.37. The van der Waals surface area contributed by atoms with Crippen molar-refractivity contribution in [1.29, 1.82) is 0 Å². The van der Waals surface area contributed by atoms with Crippen molar-refractivity contribution < 1.29 is 14.0 Å². The first-order valence-corrected chi connectivity index (χ1v) is 7.91. The number of rotatable bonds is 6. The highest BCUT2D eigenvalue weighted by molar-refractivity contribution is 5.82. The molecule has 0 saturated heterocycles. The quantitative estimate of drug-likeness (QED) is 0.853. The van der Waals surface area contributed by atoms with E-state index in [0.717, 1.165) is 5.56 Å². The van der Waals surface area contributed by atoms with Crippen LogP contribution in [0.4, 0.5) is 0 Å². The van der Waals surface area contributed by atoms with Crippen molar-refractivity contribution in [2.75, 3.05) is 6.54 Å². The largest absolute Gasteiger partial charge is 0.439 e. The SMILES string of the molecule is CC(C)(C)C(=O)NCCC(=O)NCc1ncc(-c2ccccc2)o1. The molecule has 2 amide bonds. The molecule has 0 saturated carbocycles. The van der Waals surface area contributed by atoms with Gasteiger partial charge in [0.1, 0.15) is 0 Å². The van der Waals surface area contributed by atoms with Gasteiger partial charge in [-0.3, -0.25) is 9.59 Å². The number of nitrogens with one attached hydrogen (secondary N) is 2. The molecule has 0 radical (unpaired) electrons. The van der Waals surface area contributed by atoms with Gasteiger partial charge in [0, 0.05) is 23.9 Å². The van der Waals surface area contributed by atoms with Crippen molar-refractivity contribution in [1.82, 2.24) is 15.6 Å². The molecule has 0 spiro atoms. The lowest BCUT2D eigenvalue weighted by Gasteiger charge is -2.17. The summed E-state index contributed by atoms with van der Waals surface area (Å²) in [4.78, 5) is 27.6. The average Bonchev–Trinajstić information content (AvgIpc) is 3.02. The number of oxazole rings is 1. The molecule has 1 aromatic heterocycles. The summed E-state index contributed by atoms with van der Waals surface area (Å²) in [5.74, 6) is 0.873. The van der Waals surface area contributed by atoms with E-state index in [9.17, 15) is 9.59 Å². The van der Waals surface area contributed by atoms with E-state index >= 15 is 0 Å². The Morgan fingerprint density at radius 2 is 1.83 bits per heavy atom. The Hall–Kier alpha value is -2.63. The predicted molar refractivity (Wildman–Crippen MR) is 90.9 cm³/mol. The van der Waals surface area contributed by atoms with Crippen LogP contribution < -0.4 is 10.6 Å². The van der Waals surface area contributed by atoms with Gasteiger partial charge in [0.15, 0.2) is 5.76 Å². The summed E-state index contributed by atoms with van der Waals surface area (Å²) in [6, 6.07) is 9.64. The zero-order chi connectivity index (χ0) is 17.6. The Labute approximate surface area is 141 Å². The van der Waals surface area contributed by atoms with Gasteiger partial charge in [-0.15, -0.1) is 0 Å². The number of carbonyl (C=O) groups is 2. The van der Waals surface area contributed by atoms with Gasteiger partial charge in [-0.05, 0) is 0 Å². The van der Waals surface area contributed by atoms with Gasteiger partial charge >= 0.3 is 0 Å². The second-order valence-corrected chi connectivity index (χ2v) is 6.52. The number of carbonyl (C=O) groups excluding carboxylic acids is 2. The summed E-state index contributed by atoms with van der Waals surface area (Å²) < 4.78 is 5.61. The number of hydrogen-bond donors (Lipinski definition) is 2. The molecular formula is C18H23N3O3. The number of amides is 2. The van der Waals surface area contributed by atoms with E-state index in [1.54, 1.807) is 6.20 Å². The van der Waals surface area contributed by atoms with Gasteiger partial charge in [0.25, 0.3) is 0 Å². The van der Waals surface area contributed by atoms with Crippen LogP contribution in [-0.4, -0.2) is 23.3 Å². The van der Waals surface area contributed by atoms with Gasteiger partial charge in [0.05, 0.1) is 12.7 Å². The van der Waals surface area contributed by atoms with Crippen LogP contribution in [-0.2, 0) is 16.1 Å². The lowest BCUT2D eigenvalue weighted by molar-refractivity contribution is -0.128. The minimum Gasteiger partial charge on any atom is -0.439 e. The molecule has 2 aromatic rings. The minimum atomic E-state index is -0.456. The summed E-state index contributed by atoms with van der Waals surface area (Å²) in [5.41, 5.74) is 0.482. The standard InChI is InChI=1S/C18H23N3O3/c1-18(2,3)17(23)19-10-9-15(22)20-12-16-21-11-14(24-16)13-7-5-4-6-8-13/h4-8,11H,9-10,12H2,1-3H3,(H,19,23)(H,20,22). The number of benzene rings is 1. The van der Waals surface area contributed by atoms with Crippen molar-refractivity contribution in [2.45, 2.75) is 33.7 Å². The fourth-order valence-electron chi connectivity index (χ4n) is 1.95. The second-order valence-electron chi connectivity index (χ2n) is 6.52. The third-order valence-corrected chi connectivity index (χ3v) is 3.37. The molecule has 0 aliphatic rings. The van der Waals surface area contributed by atoms with Gasteiger partial charge in [-0.25, -0.2) is 4.98 Å². The van der Waals surface area contributed by atoms with Gasteiger partial charge in [0.2, 0.25) is 17.7 Å². The Balaban J connectivity index is 1.75. The number of aromatic nitrogens is 1. The maximum absolute atomic E-state index is 11.8. The highest BCUT2D eigenvalue weighted by Crippen LogP contribution is 2.19. The van der Waals surface area contributed by atoms with Crippen LogP contribution in [0.1, 0.15) is 33.1 Å². The van der Waals surface area contributed by atoms with E-state index in [4.69, 9.17) is 4.42 Å². The smallest absolute Gasteiger partial charge is 0.225 e. The summed E-state index contributed by atoms with van der Waals surface area (Å²) in [6.45, 7) is 6.02. The zero-order valence-electron chi connectivity index (χ0n) is 14.3. The molecule has 0 unspecified atom stereocenters. The maximum atomic E-state index is 11.8. The molecule has 24 heavy (non-hydrogen) atoms. The first-order valence-electron chi connectivity index (χ1n) is 7.91. The highest BCUT2D eigenvalue weighted by Gasteiger charge is 2.20. The molecule has 6 heteroatoms. The highest BCUT2D eigenvalue weighted by atomic mass is 16.4. The normalized spacial score (nSPS) is 11.1. The minimum absolute atomic E-state index is 0.0736. The van der Waals surface area contributed by atoms with E-state index in [2.05, 4.69) is 15.6 Å². The fourth-order valence-corrected chi connectivity index (χ4v) is 1.95.